The molecule has 1 aliphatic heterocycles. The lowest BCUT2D eigenvalue weighted by Crippen LogP contribution is -2.52. The second-order valence-electron chi connectivity index (χ2n) is 9.05. The molecule has 0 saturated carbocycles. The molecule has 1 aromatic carbocycles. The lowest BCUT2D eigenvalue weighted by Gasteiger charge is -2.42. The summed E-state index contributed by atoms with van der Waals surface area (Å²) in [7, 11) is 0. The molecule has 5 heteroatoms. The number of benzene rings is 1. The van der Waals surface area contributed by atoms with Crippen molar-refractivity contribution >= 4 is 11.5 Å². The number of hydrogen-bond donors (Lipinski definition) is 0. The molecule has 1 unspecified atom stereocenters. The molecule has 1 saturated heterocycles. The number of rotatable bonds is 5. The van der Waals surface area contributed by atoms with Crippen LogP contribution in [0.2, 0.25) is 0 Å². The molecule has 1 aromatic heterocycles. The molecular formula is C24H31FN4. The molecule has 2 heterocycles. The minimum atomic E-state index is -0.258. The molecule has 0 bridgehead atoms. The van der Waals surface area contributed by atoms with Gasteiger partial charge in [-0.15, -0.1) is 0 Å². The number of nitrogens with zero attached hydrogens (tertiary/aromatic N) is 4. The fraction of sp³-hybridized carbons (Fsp3) is 0.417. The van der Waals surface area contributed by atoms with Gasteiger partial charge in [0.2, 0.25) is 5.95 Å². The third-order valence-electron chi connectivity index (χ3n) is 5.25. The van der Waals surface area contributed by atoms with Gasteiger partial charge in [-0.3, -0.25) is 0 Å². The van der Waals surface area contributed by atoms with E-state index in [4.69, 9.17) is 0 Å². The van der Waals surface area contributed by atoms with E-state index < -0.39 is 0 Å². The molecule has 0 radical (unpaired) electrons. The molecule has 0 N–H and O–H groups in total. The van der Waals surface area contributed by atoms with Gasteiger partial charge in [-0.1, -0.05) is 46.1 Å². The van der Waals surface area contributed by atoms with E-state index in [0.717, 1.165) is 48.7 Å². The van der Waals surface area contributed by atoms with Crippen molar-refractivity contribution in [3.05, 3.63) is 72.5 Å². The molecular weight excluding hydrogens is 363 g/mol. The number of allylic oxidation sites excluding steroid dienone is 1. The predicted molar refractivity (Wildman–Crippen MR) is 118 cm³/mol. The minimum Gasteiger partial charge on any atom is -0.371 e. The molecule has 0 spiro atoms. The molecule has 4 nitrogen and oxygen atoms in total. The summed E-state index contributed by atoms with van der Waals surface area (Å²) in [6, 6.07) is 6.61. The Balaban J connectivity index is 1.65. The maximum atomic E-state index is 13.1. The Bertz CT molecular complexity index is 865. The summed E-state index contributed by atoms with van der Waals surface area (Å²) in [6.45, 7) is 20.0. The van der Waals surface area contributed by atoms with Crippen LogP contribution < -0.4 is 4.90 Å². The molecule has 154 valence electrons. The summed E-state index contributed by atoms with van der Waals surface area (Å²) in [4.78, 5) is 13.8. The van der Waals surface area contributed by atoms with Crippen molar-refractivity contribution in [2.24, 2.45) is 5.41 Å². The van der Waals surface area contributed by atoms with Gasteiger partial charge in [0.25, 0.3) is 0 Å². The molecule has 3 rings (SSSR count). The van der Waals surface area contributed by atoms with Crippen LogP contribution in [0.1, 0.15) is 45.2 Å². The highest BCUT2D eigenvalue weighted by atomic mass is 19.1. The van der Waals surface area contributed by atoms with Crippen molar-refractivity contribution in [1.82, 2.24) is 14.9 Å². The molecule has 1 fully saturated rings. The smallest absolute Gasteiger partial charge is 0.225 e. The van der Waals surface area contributed by atoms with Gasteiger partial charge in [0.1, 0.15) is 5.82 Å². The van der Waals surface area contributed by atoms with Crippen LogP contribution in [-0.4, -0.2) is 40.5 Å². The Kier molecular flexibility index (Phi) is 6.06. The highest BCUT2D eigenvalue weighted by Gasteiger charge is 2.27. The van der Waals surface area contributed by atoms with E-state index >= 15 is 0 Å². The Morgan fingerprint density at radius 1 is 1.07 bits per heavy atom. The van der Waals surface area contributed by atoms with Crippen LogP contribution in [0.4, 0.5) is 10.3 Å². The average Bonchev–Trinajstić information content (AvgIpc) is 2.67. The van der Waals surface area contributed by atoms with E-state index in [-0.39, 0.29) is 11.2 Å². The summed E-state index contributed by atoms with van der Waals surface area (Å²) < 4.78 is 13.1. The monoisotopic (exact) mass is 394 g/mol. The number of aromatic nitrogens is 2. The van der Waals surface area contributed by atoms with E-state index in [1.165, 1.54) is 17.8 Å². The summed E-state index contributed by atoms with van der Waals surface area (Å²) in [6.07, 6.45) is 4.59. The Hall–Kier alpha value is -2.69. The van der Waals surface area contributed by atoms with E-state index in [1.54, 1.807) is 24.5 Å². The second kappa shape index (κ2) is 8.36. The SMILES string of the molecule is C=C(c1ccc(F)cc1)c1cnc(N2CCN(C(=C)CC(C)(C)C)CC2C)nc1. The van der Waals surface area contributed by atoms with Crippen LogP contribution in [0.15, 0.2) is 55.5 Å². The summed E-state index contributed by atoms with van der Waals surface area (Å²) in [5, 5.41) is 0. The van der Waals surface area contributed by atoms with Gasteiger partial charge in [-0.05, 0) is 42.0 Å². The standard InChI is InChI=1S/C24H31FN4/c1-17(13-24(4,5)6)28-11-12-29(18(2)16-28)23-26-14-21(15-27-23)19(3)20-7-9-22(25)10-8-20/h7-10,14-15,18H,1,3,11-13,16H2,2,4-6H3. The molecule has 0 amide bonds. The maximum Gasteiger partial charge on any atom is 0.225 e. The zero-order chi connectivity index (χ0) is 21.2. The van der Waals surface area contributed by atoms with Crippen LogP contribution in [-0.2, 0) is 0 Å². The first-order valence-corrected chi connectivity index (χ1v) is 10.1. The van der Waals surface area contributed by atoms with E-state index in [1.807, 2.05) is 0 Å². The molecule has 29 heavy (non-hydrogen) atoms. The first kappa shape index (κ1) is 21.0. The van der Waals surface area contributed by atoms with Crippen LogP contribution >= 0.6 is 0 Å². The first-order chi connectivity index (χ1) is 13.6. The zero-order valence-corrected chi connectivity index (χ0v) is 18.0. The number of halogens is 1. The van der Waals surface area contributed by atoms with Gasteiger partial charge >= 0.3 is 0 Å². The highest BCUT2D eigenvalue weighted by molar-refractivity contribution is 5.77. The normalized spacial score (nSPS) is 17.3. The Labute approximate surface area is 173 Å². The van der Waals surface area contributed by atoms with Crippen LogP contribution in [0.5, 0.6) is 0 Å². The Morgan fingerprint density at radius 3 is 2.24 bits per heavy atom. The minimum absolute atomic E-state index is 0.239. The van der Waals surface area contributed by atoms with Crippen molar-refractivity contribution in [2.45, 2.75) is 40.2 Å². The second-order valence-corrected chi connectivity index (χ2v) is 9.05. The topological polar surface area (TPSA) is 32.3 Å². The molecule has 1 atom stereocenters. The van der Waals surface area contributed by atoms with Crippen LogP contribution in [0, 0.1) is 11.2 Å². The lowest BCUT2D eigenvalue weighted by molar-refractivity contribution is 0.250. The molecule has 0 aliphatic carbocycles. The van der Waals surface area contributed by atoms with Gasteiger partial charge in [0.05, 0.1) is 0 Å². The van der Waals surface area contributed by atoms with Gasteiger partial charge in [0.15, 0.2) is 0 Å². The highest BCUT2D eigenvalue weighted by Crippen LogP contribution is 2.28. The summed E-state index contributed by atoms with van der Waals surface area (Å²) >= 11 is 0. The zero-order valence-electron chi connectivity index (χ0n) is 18.0. The maximum absolute atomic E-state index is 13.1. The van der Waals surface area contributed by atoms with Crippen molar-refractivity contribution in [2.75, 3.05) is 24.5 Å². The first-order valence-electron chi connectivity index (χ1n) is 10.1. The van der Waals surface area contributed by atoms with Crippen molar-refractivity contribution in [3.8, 4) is 0 Å². The van der Waals surface area contributed by atoms with Crippen molar-refractivity contribution in [1.29, 1.82) is 0 Å². The number of anilines is 1. The van der Waals surface area contributed by atoms with Crippen molar-refractivity contribution < 1.29 is 4.39 Å². The summed E-state index contributed by atoms with van der Waals surface area (Å²) in [5.41, 5.74) is 3.93. The van der Waals surface area contributed by atoms with Gasteiger partial charge in [0, 0.05) is 49.3 Å². The molecule has 1 aliphatic rings. The van der Waals surface area contributed by atoms with Gasteiger partial charge in [-0.2, -0.15) is 0 Å². The van der Waals surface area contributed by atoms with E-state index in [9.17, 15) is 4.39 Å². The van der Waals surface area contributed by atoms with E-state index in [2.05, 4.69) is 60.6 Å². The number of piperazine rings is 1. The predicted octanol–water partition coefficient (Wildman–Crippen LogP) is 5.14. The third kappa shape index (κ3) is 5.22. The fourth-order valence-electron chi connectivity index (χ4n) is 3.71. The Morgan fingerprint density at radius 2 is 1.69 bits per heavy atom. The van der Waals surface area contributed by atoms with Crippen LogP contribution in [0.25, 0.3) is 5.57 Å². The van der Waals surface area contributed by atoms with Crippen LogP contribution in [0.3, 0.4) is 0 Å². The van der Waals surface area contributed by atoms with Crippen molar-refractivity contribution in [3.63, 3.8) is 0 Å². The van der Waals surface area contributed by atoms with E-state index in [0.29, 0.717) is 6.04 Å². The van der Waals surface area contributed by atoms with Gasteiger partial charge in [-0.25, -0.2) is 14.4 Å². The van der Waals surface area contributed by atoms with Gasteiger partial charge < -0.3 is 9.80 Å². The summed E-state index contributed by atoms with van der Waals surface area (Å²) in [5.74, 6) is 0.473. The third-order valence-corrected chi connectivity index (χ3v) is 5.25. The quantitative estimate of drug-likeness (QED) is 0.703. The molecule has 2 aromatic rings. The lowest BCUT2D eigenvalue weighted by atomic mass is 9.90. The number of hydrogen-bond acceptors (Lipinski definition) is 4. The average molecular weight is 395 g/mol. The fourth-order valence-corrected chi connectivity index (χ4v) is 3.71. The largest absolute Gasteiger partial charge is 0.371 e.